The first-order valence-corrected chi connectivity index (χ1v) is 7.90. The van der Waals surface area contributed by atoms with E-state index in [-0.39, 0.29) is 23.6 Å². The fourth-order valence-electron chi connectivity index (χ4n) is 2.55. The van der Waals surface area contributed by atoms with Crippen LogP contribution in [0.3, 0.4) is 0 Å². The molecule has 0 aliphatic carbocycles. The highest BCUT2D eigenvalue weighted by Gasteiger charge is 2.13. The van der Waals surface area contributed by atoms with Crippen molar-refractivity contribution in [3.63, 3.8) is 0 Å². The minimum absolute atomic E-state index is 0.0679. The number of aromatic nitrogens is 4. The van der Waals surface area contributed by atoms with Gasteiger partial charge in [-0.3, -0.25) is 19.1 Å². The first-order chi connectivity index (χ1) is 12.9. The van der Waals surface area contributed by atoms with Crippen molar-refractivity contribution in [3.8, 4) is 11.8 Å². The Morgan fingerprint density at radius 2 is 1.96 bits per heavy atom. The van der Waals surface area contributed by atoms with E-state index in [1.165, 1.54) is 28.3 Å². The molecule has 0 saturated carbocycles. The van der Waals surface area contributed by atoms with Gasteiger partial charge >= 0.3 is 5.69 Å². The number of fused-ring (bicyclic) bond motifs is 1. The molecule has 9 nitrogen and oxygen atoms in total. The molecule has 0 amide bonds. The van der Waals surface area contributed by atoms with Crippen molar-refractivity contribution < 1.29 is 9.53 Å². The van der Waals surface area contributed by atoms with E-state index in [0.29, 0.717) is 17.1 Å². The van der Waals surface area contributed by atoms with Crippen molar-refractivity contribution in [2.45, 2.75) is 0 Å². The van der Waals surface area contributed by atoms with Gasteiger partial charge in [-0.05, 0) is 36.4 Å². The van der Waals surface area contributed by atoms with Crippen LogP contribution in [0.2, 0.25) is 0 Å². The summed E-state index contributed by atoms with van der Waals surface area (Å²) in [6, 6.07) is 8.24. The summed E-state index contributed by atoms with van der Waals surface area (Å²) >= 11 is 0. The number of aryl methyl sites for hydroxylation is 2. The smallest absolute Gasteiger partial charge is 0.329 e. The number of imidazole rings is 1. The van der Waals surface area contributed by atoms with Crippen molar-refractivity contribution in [3.05, 3.63) is 62.6 Å². The Hall–Kier alpha value is -3.93. The molecule has 0 radical (unpaired) electrons. The summed E-state index contributed by atoms with van der Waals surface area (Å²) in [5.74, 6) is 0.586. The van der Waals surface area contributed by atoms with E-state index < -0.39 is 11.2 Å². The summed E-state index contributed by atoms with van der Waals surface area (Å²) in [6.07, 6.45) is 2.81. The Bertz CT molecular complexity index is 1210. The monoisotopic (exact) mass is 365 g/mol. The van der Waals surface area contributed by atoms with E-state index in [4.69, 9.17) is 10.00 Å². The minimum atomic E-state index is -0.559. The molecule has 0 fully saturated rings. The topological polar surface area (TPSA) is 123 Å². The molecule has 9 heteroatoms. The standard InChI is InChI=1S/C18H15N5O4/c1-22-14(20-16-15(22)17(25)21-18(26)23(16)2)8-7-13(24)11-3-5-12(6-4-11)27-10-9-19/h3-8H,10H2,1-2H3,(H,21,25,26). The van der Waals surface area contributed by atoms with Gasteiger partial charge in [0, 0.05) is 19.7 Å². The Morgan fingerprint density at radius 1 is 1.26 bits per heavy atom. The molecule has 0 unspecified atom stereocenters. The van der Waals surface area contributed by atoms with Crippen LogP contribution in [0.4, 0.5) is 0 Å². The van der Waals surface area contributed by atoms with Gasteiger partial charge in [0.05, 0.1) is 0 Å². The zero-order valence-electron chi connectivity index (χ0n) is 14.6. The number of nitrogens with zero attached hydrogens (tertiary/aromatic N) is 4. The van der Waals surface area contributed by atoms with Gasteiger partial charge in [0.2, 0.25) is 0 Å². The number of benzene rings is 1. The van der Waals surface area contributed by atoms with Crippen LogP contribution in [0.1, 0.15) is 16.2 Å². The van der Waals surface area contributed by atoms with Gasteiger partial charge in [0.1, 0.15) is 17.6 Å². The molecule has 136 valence electrons. The molecular weight excluding hydrogens is 350 g/mol. The van der Waals surface area contributed by atoms with Crippen molar-refractivity contribution in [2.75, 3.05) is 6.61 Å². The van der Waals surface area contributed by atoms with Crippen molar-refractivity contribution in [1.82, 2.24) is 19.1 Å². The van der Waals surface area contributed by atoms with Crippen LogP contribution >= 0.6 is 0 Å². The van der Waals surface area contributed by atoms with E-state index in [2.05, 4.69) is 9.97 Å². The van der Waals surface area contributed by atoms with E-state index in [1.54, 1.807) is 31.3 Å². The van der Waals surface area contributed by atoms with E-state index in [1.807, 2.05) is 6.07 Å². The van der Waals surface area contributed by atoms with Crippen LogP contribution in [0, 0.1) is 11.3 Å². The number of allylic oxidation sites excluding steroid dienone is 1. The molecule has 27 heavy (non-hydrogen) atoms. The molecule has 3 aromatic rings. The molecule has 1 aromatic carbocycles. The highest BCUT2D eigenvalue weighted by Crippen LogP contribution is 2.14. The van der Waals surface area contributed by atoms with Crippen LogP contribution in [-0.2, 0) is 14.1 Å². The van der Waals surface area contributed by atoms with E-state index in [0.717, 1.165) is 0 Å². The highest BCUT2D eigenvalue weighted by molar-refractivity contribution is 6.06. The number of hydrogen-bond acceptors (Lipinski definition) is 6. The van der Waals surface area contributed by atoms with E-state index >= 15 is 0 Å². The summed E-state index contributed by atoms with van der Waals surface area (Å²) < 4.78 is 7.88. The Labute approximate surface area is 152 Å². The quantitative estimate of drug-likeness (QED) is 0.526. The number of carbonyl (C=O) groups excluding carboxylic acids is 1. The summed E-state index contributed by atoms with van der Waals surface area (Å²) in [6.45, 7) is -0.0679. The third kappa shape index (κ3) is 3.41. The Kier molecular flexibility index (Phi) is 4.72. The molecule has 0 bridgehead atoms. The van der Waals surface area contributed by atoms with Crippen LogP contribution in [0.25, 0.3) is 17.2 Å². The van der Waals surface area contributed by atoms with Crippen molar-refractivity contribution >= 4 is 23.0 Å². The first kappa shape index (κ1) is 17.9. The largest absolute Gasteiger partial charge is 0.479 e. The first-order valence-electron chi connectivity index (χ1n) is 7.90. The summed E-state index contributed by atoms with van der Waals surface area (Å²) in [7, 11) is 3.13. The SMILES string of the molecule is Cn1c(C=CC(=O)c2ccc(OCC#N)cc2)nc2c1c(=O)[nH]c(=O)n2C. The maximum Gasteiger partial charge on any atom is 0.329 e. The zero-order valence-corrected chi connectivity index (χ0v) is 14.6. The van der Waals surface area contributed by atoms with Crippen molar-refractivity contribution in [1.29, 1.82) is 5.26 Å². The lowest BCUT2D eigenvalue weighted by Gasteiger charge is -2.01. The molecule has 1 N–H and O–H groups in total. The lowest BCUT2D eigenvalue weighted by molar-refractivity contribution is 0.104. The molecule has 0 spiro atoms. The van der Waals surface area contributed by atoms with Gasteiger partial charge in [0.25, 0.3) is 5.56 Å². The van der Waals surface area contributed by atoms with Gasteiger partial charge in [-0.1, -0.05) is 0 Å². The molecule has 0 saturated heterocycles. The third-order valence-corrected chi connectivity index (χ3v) is 4.00. The second kappa shape index (κ2) is 7.13. The predicted molar refractivity (Wildman–Crippen MR) is 97.5 cm³/mol. The molecule has 2 heterocycles. The summed E-state index contributed by atoms with van der Waals surface area (Å²) in [5, 5.41) is 8.49. The maximum atomic E-state index is 12.3. The van der Waals surface area contributed by atoms with Gasteiger partial charge < -0.3 is 9.30 Å². The number of nitriles is 1. The molecule has 0 aliphatic rings. The lowest BCUT2D eigenvalue weighted by Crippen LogP contribution is -2.29. The molecule has 3 rings (SSSR count). The fourth-order valence-corrected chi connectivity index (χ4v) is 2.55. The molecule has 0 atom stereocenters. The van der Waals surface area contributed by atoms with Crippen LogP contribution in [0.5, 0.6) is 5.75 Å². The molecule has 2 aromatic heterocycles. The number of hydrogen-bond donors (Lipinski definition) is 1. The van der Waals surface area contributed by atoms with Gasteiger partial charge in [-0.25, -0.2) is 9.78 Å². The van der Waals surface area contributed by atoms with Crippen LogP contribution in [0.15, 0.2) is 39.9 Å². The number of aromatic amines is 1. The van der Waals surface area contributed by atoms with Crippen LogP contribution in [-0.4, -0.2) is 31.5 Å². The van der Waals surface area contributed by atoms with Crippen LogP contribution < -0.4 is 16.0 Å². The average molecular weight is 365 g/mol. The number of ether oxygens (including phenoxy) is 1. The Morgan fingerprint density at radius 3 is 2.63 bits per heavy atom. The number of H-pyrrole nitrogens is 1. The number of carbonyl (C=O) groups is 1. The van der Waals surface area contributed by atoms with Crippen molar-refractivity contribution in [2.24, 2.45) is 14.1 Å². The maximum absolute atomic E-state index is 12.3. The summed E-state index contributed by atoms with van der Waals surface area (Å²) in [5.41, 5.74) is -0.196. The number of rotatable bonds is 5. The van der Waals surface area contributed by atoms with Gasteiger partial charge in [-0.2, -0.15) is 5.26 Å². The minimum Gasteiger partial charge on any atom is -0.479 e. The van der Waals surface area contributed by atoms with Gasteiger partial charge in [-0.15, -0.1) is 0 Å². The predicted octanol–water partition coefficient (Wildman–Crippen LogP) is 0.759. The second-order valence-corrected chi connectivity index (χ2v) is 5.69. The molecule has 0 aliphatic heterocycles. The third-order valence-electron chi connectivity index (χ3n) is 4.00. The normalized spacial score (nSPS) is 11.0. The second-order valence-electron chi connectivity index (χ2n) is 5.69. The average Bonchev–Trinajstić information content (AvgIpc) is 3.00. The fraction of sp³-hybridized carbons (Fsp3) is 0.167. The van der Waals surface area contributed by atoms with E-state index in [9.17, 15) is 14.4 Å². The van der Waals surface area contributed by atoms with Gasteiger partial charge in [0.15, 0.2) is 23.6 Å². The Balaban J connectivity index is 1.89. The number of nitrogens with one attached hydrogen (secondary N) is 1. The molecular formula is C18H15N5O4. The number of ketones is 1. The lowest BCUT2D eigenvalue weighted by atomic mass is 10.1. The zero-order chi connectivity index (χ0) is 19.6. The highest BCUT2D eigenvalue weighted by atomic mass is 16.5. The summed E-state index contributed by atoms with van der Waals surface area (Å²) in [4.78, 5) is 42.5.